The normalized spacial score (nSPS) is 10.7. The van der Waals surface area contributed by atoms with Crippen molar-refractivity contribution in [2.75, 3.05) is 19.0 Å². The minimum absolute atomic E-state index is 0.00622. The van der Waals surface area contributed by atoms with Gasteiger partial charge in [-0.1, -0.05) is 5.16 Å². The van der Waals surface area contributed by atoms with Gasteiger partial charge in [-0.05, 0) is 0 Å². The second-order valence-corrected chi connectivity index (χ2v) is 3.75. The lowest BCUT2D eigenvalue weighted by Gasteiger charge is -1.99. The maximum absolute atomic E-state index is 11.0. The van der Waals surface area contributed by atoms with Crippen molar-refractivity contribution in [2.45, 2.75) is 0 Å². The van der Waals surface area contributed by atoms with E-state index in [1.54, 1.807) is 0 Å². The summed E-state index contributed by atoms with van der Waals surface area (Å²) in [5, 5.41) is 16.1. The maximum Gasteiger partial charge on any atom is 0.360 e. The number of ether oxygens (including phenoxy) is 1. The molecule has 0 bridgehead atoms. The molecule has 0 saturated heterocycles. The van der Waals surface area contributed by atoms with Gasteiger partial charge in [-0.2, -0.15) is 0 Å². The zero-order valence-corrected chi connectivity index (χ0v) is 10.5. The fourth-order valence-corrected chi connectivity index (χ4v) is 1.56. The summed E-state index contributed by atoms with van der Waals surface area (Å²) in [6, 6.07) is 0. The average molecular weight is 287 g/mol. The number of anilines is 1. The van der Waals surface area contributed by atoms with E-state index in [4.69, 9.17) is 5.11 Å². The van der Waals surface area contributed by atoms with Crippen LogP contribution in [0.15, 0.2) is 10.5 Å². The second kappa shape index (κ2) is 7.06. The van der Waals surface area contributed by atoms with Gasteiger partial charge in [-0.15, -0.1) is 11.3 Å². The topological polar surface area (TPSA) is 127 Å². The van der Waals surface area contributed by atoms with Gasteiger partial charge in [-0.25, -0.2) is 14.6 Å². The van der Waals surface area contributed by atoms with Crippen molar-refractivity contribution < 1.29 is 29.1 Å². The van der Waals surface area contributed by atoms with Gasteiger partial charge in [0.2, 0.25) is 18.7 Å². The molecule has 0 fully saturated rings. The Kier molecular flexibility index (Phi) is 5.41. The minimum Gasteiger partial charge on any atom is -0.476 e. The van der Waals surface area contributed by atoms with Crippen molar-refractivity contribution in [2.24, 2.45) is 5.16 Å². The predicted molar refractivity (Wildman–Crippen MR) is 63.9 cm³/mol. The van der Waals surface area contributed by atoms with Crippen molar-refractivity contribution in [3.05, 3.63) is 11.1 Å². The second-order valence-electron chi connectivity index (χ2n) is 2.89. The number of oxime groups is 1. The summed E-state index contributed by atoms with van der Waals surface area (Å²) < 4.78 is 4.29. The molecule has 102 valence electrons. The van der Waals surface area contributed by atoms with Crippen molar-refractivity contribution in [1.29, 1.82) is 0 Å². The predicted octanol–water partition coefficient (Wildman–Crippen LogP) is -0.310. The zero-order chi connectivity index (χ0) is 14.3. The van der Waals surface area contributed by atoms with E-state index >= 15 is 0 Å². The number of thiazole rings is 1. The van der Waals surface area contributed by atoms with Crippen LogP contribution in [0.25, 0.3) is 0 Å². The smallest absolute Gasteiger partial charge is 0.360 e. The number of hydrogen-bond donors (Lipinski definition) is 2. The van der Waals surface area contributed by atoms with E-state index in [1.165, 1.54) is 5.38 Å². The number of carboxylic acid groups (broad SMARTS) is 1. The summed E-state index contributed by atoms with van der Waals surface area (Å²) in [6.07, 6.45) is 0.411. The summed E-state index contributed by atoms with van der Waals surface area (Å²) in [6.45, 7) is -0.517. The molecule has 1 aromatic heterocycles. The number of nitrogens with zero attached hydrogens (tertiary/aromatic N) is 2. The molecule has 0 aliphatic heterocycles. The van der Waals surface area contributed by atoms with E-state index in [0.717, 1.165) is 18.4 Å². The van der Waals surface area contributed by atoms with E-state index in [2.05, 4.69) is 25.0 Å². The van der Waals surface area contributed by atoms with Crippen LogP contribution in [0.3, 0.4) is 0 Å². The molecule has 0 unspecified atom stereocenters. The first-order chi connectivity index (χ1) is 9.08. The summed E-state index contributed by atoms with van der Waals surface area (Å²) in [5.74, 6) is -2.08. The van der Waals surface area contributed by atoms with E-state index in [1.807, 2.05) is 0 Å². The lowest BCUT2D eigenvalue weighted by molar-refractivity contribution is -0.146. The Hall–Kier alpha value is -2.49. The number of aliphatic carboxylic acids is 1. The standard InChI is InChI=1S/C9H9N3O6S/c1-17-6(14)2-18-12-7(8(15)16)5-3-19-9(11-5)10-4-13/h3-4H,2H2,1H3,(H,15,16)(H,10,11,13). The molecule has 1 heterocycles. The van der Waals surface area contributed by atoms with Crippen LogP contribution >= 0.6 is 11.3 Å². The SMILES string of the molecule is COC(=O)CON=C(C(=O)O)c1csc(NC=O)n1. The number of carbonyl (C=O) groups excluding carboxylic acids is 2. The molecule has 9 nitrogen and oxygen atoms in total. The van der Waals surface area contributed by atoms with Gasteiger partial charge in [0.15, 0.2) is 5.13 Å². The Morgan fingerprint density at radius 3 is 2.95 bits per heavy atom. The quantitative estimate of drug-likeness (QED) is 0.305. The Labute approximate surface area is 110 Å². The van der Waals surface area contributed by atoms with Crippen LogP contribution in [-0.4, -0.2) is 47.9 Å². The van der Waals surface area contributed by atoms with Crippen LogP contribution < -0.4 is 5.32 Å². The van der Waals surface area contributed by atoms with Crippen LogP contribution in [-0.2, 0) is 24.0 Å². The minimum atomic E-state index is -1.38. The molecule has 0 saturated carbocycles. The molecule has 0 aliphatic carbocycles. The van der Waals surface area contributed by atoms with Gasteiger partial charge in [0, 0.05) is 5.38 Å². The Balaban J connectivity index is 2.81. The van der Waals surface area contributed by atoms with Crippen molar-refractivity contribution in [1.82, 2.24) is 4.98 Å². The zero-order valence-electron chi connectivity index (χ0n) is 9.65. The molecule has 0 aliphatic rings. The number of carboxylic acids is 1. The fourth-order valence-electron chi connectivity index (χ4n) is 0.903. The van der Waals surface area contributed by atoms with Crippen molar-refractivity contribution in [3.63, 3.8) is 0 Å². The molecule has 1 rings (SSSR count). The fraction of sp³-hybridized carbons (Fsp3) is 0.222. The molecule has 2 N–H and O–H groups in total. The first-order valence-electron chi connectivity index (χ1n) is 4.74. The third-order valence-electron chi connectivity index (χ3n) is 1.70. The summed E-state index contributed by atoms with van der Waals surface area (Å²) in [4.78, 5) is 40.3. The number of esters is 1. The molecule has 19 heavy (non-hydrogen) atoms. The molecule has 1 aromatic rings. The van der Waals surface area contributed by atoms with Gasteiger partial charge in [0.25, 0.3) is 0 Å². The van der Waals surface area contributed by atoms with Crippen molar-refractivity contribution >= 4 is 40.5 Å². The monoisotopic (exact) mass is 287 g/mol. The lowest BCUT2D eigenvalue weighted by Crippen LogP contribution is -2.17. The average Bonchev–Trinajstić information content (AvgIpc) is 2.82. The van der Waals surface area contributed by atoms with E-state index in [0.29, 0.717) is 6.41 Å². The van der Waals surface area contributed by atoms with Crippen LogP contribution in [0.2, 0.25) is 0 Å². The molecular weight excluding hydrogens is 278 g/mol. The summed E-state index contributed by atoms with van der Waals surface area (Å²) >= 11 is 1.02. The molecular formula is C9H9N3O6S. The Morgan fingerprint density at radius 1 is 1.63 bits per heavy atom. The number of hydrogen-bond acceptors (Lipinski definition) is 8. The van der Waals surface area contributed by atoms with Gasteiger partial charge in [0.1, 0.15) is 5.69 Å². The molecule has 0 aromatic carbocycles. The third-order valence-corrected chi connectivity index (χ3v) is 2.47. The number of amides is 1. The largest absolute Gasteiger partial charge is 0.476 e. The van der Waals surface area contributed by atoms with Gasteiger partial charge in [0.05, 0.1) is 7.11 Å². The number of carbonyl (C=O) groups is 3. The molecule has 0 spiro atoms. The number of aromatic nitrogens is 1. The van der Waals surface area contributed by atoms with Crippen LogP contribution in [0.4, 0.5) is 5.13 Å². The summed E-state index contributed by atoms with van der Waals surface area (Å²) in [5.41, 5.74) is -0.481. The van der Waals surface area contributed by atoms with E-state index in [-0.39, 0.29) is 10.8 Å². The highest BCUT2D eigenvalue weighted by Gasteiger charge is 2.17. The van der Waals surface area contributed by atoms with E-state index < -0.39 is 24.3 Å². The first kappa shape index (κ1) is 14.6. The molecule has 0 radical (unpaired) electrons. The van der Waals surface area contributed by atoms with Crippen LogP contribution in [0.1, 0.15) is 5.69 Å². The summed E-state index contributed by atoms with van der Waals surface area (Å²) in [7, 11) is 1.16. The highest BCUT2D eigenvalue weighted by Crippen LogP contribution is 2.15. The van der Waals surface area contributed by atoms with Gasteiger partial charge < -0.3 is 20.0 Å². The van der Waals surface area contributed by atoms with Crippen LogP contribution in [0.5, 0.6) is 0 Å². The molecule has 10 heteroatoms. The highest BCUT2D eigenvalue weighted by atomic mass is 32.1. The molecule has 0 atom stereocenters. The van der Waals surface area contributed by atoms with Crippen molar-refractivity contribution in [3.8, 4) is 0 Å². The maximum atomic E-state index is 11.0. The number of methoxy groups -OCH3 is 1. The molecule has 1 amide bonds. The number of nitrogens with one attached hydrogen (secondary N) is 1. The first-order valence-corrected chi connectivity index (χ1v) is 5.62. The van der Waals surface area contributed by atoms with E-state index in [9.17, 15) is 14.4 Å². The number of rotatable bonds is 7. The van der Waals surface area contributed by atoms with Gasteiger partial charge in [-0.3, -0.25) is 4.79 Å². The Bertz CT molecular complexity index is 512. The third kappa shape index (κ3) is 4.35. The highest BCUT2D eigenvalue weighted by molar-refractivity contribution is 7.14. The van der Waals surface area contributed by atoms with Crippen LogP contribution in [0, 0.1) is 0 Å². The Morgan fingerprint density at radius 2 is 2.37 bits per heavy atom. The lowest BCUT2D eigenvalue weighted by atomic mass is 10.3. The van der Waals surface area contributed by atoms with Gasteiger partial charge >= 0.3 is 11.9 Å².